The molecule has 0 bridgehead atoms. The van der Waals surface area contributed by atoms with Crippen molar-refractivity contribution in [1.82, 2.24) is 5.32 Å². The van der Waals surface area contributed by atoms with E-state index in [9.17, 15) is 35.9 Å². The zero-order valence-electron chi connectivity index (χ0n) is 13.7. The van der Waals surface area contributed by atoms with Gasteiger partial charge in [-0.3, -0.25) is 9.59 Å². The van der Waals surface area contributed by atoms with E-state index in [4.69, 9.17) is 0 Å². The molecule has 0 radical (unpaired) electrons. The van der Waals surface area contributed by atoms with Crippen LogP contribution >= 0.6 is 0 Å². The van der Waals surface area contributed by atoms with Crippen LogP contribution in [0.4, 0.5) is 32.0 Å². The number of allylic oxidation sites excluding steroid dienone is 1. The highest BCUT2D eigenvalue weighted by atomic mass is 19.4. The number of hydrogen-bond acceptors (Lipinski definition) is 3. The first-order valence-electron chi connectivity index (χ1n) is 7.34. The maximum absolute atomic E-state index is 12.7. The standard InChI is InChI=1S/C16H16F6N2O2/c1-9(2)13(23-7-6-12(25)16(20,21)22)14(26)24-11-5-3-4-10(8-11)15(17,18)19/h3-9,13,23H,1-2H3,(H,24,26). The predicted molar refractivity (Wildman–Crippen MR) is 82.0 cm³/mol. The Morgan fingerprint density at radius 3 is 2.19 bits per heavy atom. The molecular formula is C16H16F6N2O2. The summed E-state index contributed by atoms with van der Waals surface area (Å²) in [5.74, 6) is -3.29. The Balaban J connectivity index is 2.84. The highest BCUT2D eigenvalue weighted by Crippen LogP contribution is 2.30. The number of nitrogens with one attached hydrogen (secondary N) is 2. The number of benzene rings is 1. The van der Waals surface area contributed by atoms with Crippen molar-refractivity contribution in [2.24, 2.45) is 5.92 Å². The number of carbonyl (C=O) groups excluding carboxylic acids is 2. The van der Waals surface area contributed by atoms with Gasteiger partial charge in [0, 0.05) is 18.0 Å². The molecule has 1 aromatic carbocycles. The summed E-state index contributed by atoms with van der Waals surface area (Å²) in [6.07, 6.45) is -8.71. The topological polar surface area (TPSA) is 58.2 Å². The maximum Gasteiger partial charge on any atom is 0.454 e. The van der Waals surface area contributed by atoms with E-state index in [-0.39, 0.29) is 11.8 Å². The van der Waals surface area contributed by atoms with Crippen LogP contribution < -0.4 is 10.6 Å². The average molecular weight is 382 g/mol. The van der Waals surface area contributed by atoms with Crippen LogP contribution in [0.2, 0.25) is 0 Å². The van der Waals surface area contributed by atoms with Crippen LogP contribution in [-0.4, -0.2) is 23.9 Å². The van der Waals surface area contributed by atoms with Gasteiger partial charge in [-0.1, -0.05) is 19.9 Å². The Labute approximate surface area is 145 Å². The molecular weight excluding hydrogens is 366 g/mol. The summed E-state index contributed by atoms with van der Waals surface area (Å²) in [7, 11) is 0. The fourth-order valence-corrected chi connectivity index (χ4v) is 1.89. The van der Waals surface area contributed by atoms with Crippen LogP contribution in [-0.2, 0) is 15.8 Å². The van der Waals surface area contributed by atoms with Crippen molar-refractivity contribution in [2.45, 2.75) is 32.2 Å². The monoisotopic (exact) mass is 382 g/mol. The second-order valence-electron chi connectivity index (χ2n) is 5.65. The molecule has 0 spiro atoms. The van der Waals surface area contributed by atoms with Crippen LogP contribution in [0.25, 0.3) is 0 Å². The Hall–Kier alpha value is -2.52. The summed E-state index contributed by atoms with van der Waals surface area (Å²) in [5.41, 5.74) is -1.08. The van der Waals surface area contributed by atoms with Gasteiger partial charge in [0.05, 0.1) is 5.56 Å². The van der Waals surface area contributed by atoms with E-state index in [1.807, 2.05) is 0 Å². The summed E-state index contributed by atoms with van der Waals surface area (Å²) in [6.45, 7) is 3.14. The fraction of sp³-hybridized carbons (Fsp3) is 0.375. The van der Waals surface area contributed by atoms with Crippen LogP contribution in [0.15, 0.2) is 36.5 Å². The van der Waals surface area contributed by atoms with Gasteiger partial charge in [-0.15, -0.1) is 0 Å². The molecule has 1 amide bonds. The molecule has 0 aromatic heterocycles. The summed E-state index contributed by atoms with van der Waals surface area (Å²) < 4.78 is 74.4. The van der Waals surface area contributed by atoms with E-state index in [1.165, 1.54) is 6.07 Å². The maximum atomic E-state index is 12.7. The van der Waals surface area contributed by atoms with E-state index in [1.54, 1.807) is 13.8 Å². The molecule has 10 heteroatoms. The number of anilines is 1. The number of amides is 1. The molecule has 0 aliphatic carbocycles. The molecule has 0 aliphatic rings. The fourth-order valence-electron chi connectivity index (χ4n) is 1.89. The Morgan fingerprint density at radius 1 is 1.08 bits per heavy atom. The molecule has 144 valence electrons. The SMILES string of the molecule is CC(C)C(NC=CC(=O)C(F)(F)F)C(=O)Nc1cccc(C(F)(F)F)c1. The van der Waals surface area contributed by atoms with E-state index >= 15 is 0 Å². The first-order chi connectivity index (χ1) is 11.8. The molecule has 1 atom stereocenters. The molecule has 26 heavy (non-hydrogen) atoms. The lowest BCUT2D eigenvalue weighted by Gasteiger charge is -2.21. The highest BCUT2D eigenvalue weighted by Gasteiger charge is 2.36. The summed E-state index contributed by atoms with van der Waals surface area (Å²) in [5, 5.41) is 4.61. The van der Waals surface area contributed by atoms with Crippen LogP contribution in [0.1, 0.15) is 19.4 Å². The number of carbonyl (C=O) groups is 2. The quantitative estimate of drug-likeness (QED) is 0.580. The Kier molecular flexibility index (Phi) is 6.82. The molecule has 0 fully saturated rings. The molecule has 1 aromatic rings. The first kappa shape index (κ1) is 21.5. The molecule has 0 aliphatic heterocycles. The lowest BCUT2D eigenvalue weighted by atomic mass is 10.0. The predicted octanol–water partition coefficient (Wildman–Crippen LogP) is 3.90. The minimum absolute atomic E-state index is 0.118. The Bertz CT molecular complexity index is 680. The molecule has 2 N–H and O–H groups in total. The van der Waals surface area contributed by atoms with E-state index < -0.39 is 41.6 Å². The zero-order chi connectivity index (χ0) is 20.1. The van der Waals surface area contributed by atoms with Crippen molar-refractivity contribution < 1.29 is 35.9 Å². The van der Waals surface area contributed by atoms with Crippen LogP contribution in [0.5, 0.6) is 0 Å². The lowest BCUT2D eigenvalue weighted by Crippen LogP contribution is -2.42. The molecule has 0 saturated carbocycles. The first-order valence-corrected chi connectivity index (χ1v) is 7.34. The van der Waals surface area contributed by atoms with Gasteiger partial charge >= 0.3 is 12.4 Å². The van der Waals surface area contributed by atoms with Gasteiger partial charge in [0.2, 0.25) is 5.91 Å². The van der Waals surface area contributed by atoms with Gasteiger partial charge < -0.3 is 10.6 Å². The lowest BCUT2D eigenvalue weighted by molar-refractivity contribution is -0.165. The molecule has 0 heterocycles. The smallest absolute Gasteiger partial charge is 0.379 e. The minimum atomic E-state index is -5.04. The summed E-state index contributed by atoms with van der Waals surface area (Å²) in [4.78, 5) is 22.9. The molecule has 1 unspecified atom stereocenters. The minimum Gasteiger partial charge on any atom is -0.379 e. The van der Waals surface area contributed by atoms with Gasteiger partial charge in [-0.05, 0) is 24.1 Å². The normalized spacial score (nSPS) is 13.7. The number of halogens is 6. The second-order valence-corrected chi connectivity index (χ2v) is 5.65. The molecule has 4 nitrogen and oxygen atoms in total. The molecule has 1 rings (SSSR count). The van der Waals surface area contributed by atoms with E-state index in [0.717, 1.165) is 18.2 Å². The number of hydrogen-bond donors (Lipinski definition) is 2. The van der Waals surface area contributed by atoms with Crippen molar-refractivity contribution in [2.75, 3.05) is 5.32 Å². The average Bonchev–Trinajstić information content (AvgIpc) is 2.49. The largest absolute Gasteiger partial charge is 0.454 e. The van der Waals surface area contributed by atoms with Crippen molar-refractivity contribution in [3.05, 3.63) is 42.1 Å². The third kappa shape index (κ3) is 6.41. The third-order valence-electron chi connectivity index (χ3n) is 3.20. The van der Waals surface area contributed by atoms with Crippen LogP contribution in [0, 0.1) is 5.92 Å². The van der Waals surface area contributed by atoms with Gasteiger partial charge in [0.1, 0.15) is 6.04 Å². The van der Waals surface area contributed by atoms with E-state index in [0.29, 0.717) is 6.20 Å². The number of ketones is 1. The highest BCUT2D eigenvalue weighted by molar-refractivity contribution is 5.96. The number of alkyl halides is 6. The van der Waals surface area contributed by atoms with Gasteiger partial charge in [-0.2, -0.15) is 26.3 Å². The van der Waals surface area contributed by atoms with Crippen molar-refractivity contribution >= 4 is 17.4 Å². The van der Waals surface area contributed by atoms with Crippen molar-refractivity contribution in [3.63, 3.8) is 0 Å². The van der Waals surface area contributed by atoms with Gasteiger partial charge in [0.15, 0.2) is 0 Å². The van der Waals surface area contributed by atoms with Crippen molar-refractivity contribution in [3.8, 4) is 0 Å². The number of rotatable bonds is 6. The Morgan fingerprint density at radius 2 is 1.69 bits per heavy atom. The zero-order valence-corrected chi connectivity index (χ0v) is 13.7. The van der Waals surface area contributed by atoms with Crippen LogP contribution in [0.3, 0.4) is 0 Å². The van der Waals surface area contributed by atoms with Gasteiger partial charge in [0.25, 0.3) is 5.78 Å². The van der Waals surface area contributed by atoms with E-state index in [2.05, 4.69) is 10.6 Å². The van der Waals surface area contributed by atoms with Crippen molar-refractivity contribution in [1.29, 1.82) is 0 Å². The summed E-state index contributed by atoms with van der Waals surface area (Å²) in [6, 6.07) is 2.85. The van der Waals surface area contributed by atoms with Gasteiger partial charge in [-0.25, -0.2) is 0 Å². The third-order valence-corrected chi connectivity index (χ3v) is 3.20. The molecule has 0 saturated heterocycles. The second kappa shape index (κ2) is 8.24. The summed E-state index contributed by atoms with van der Waals surface area (Å²) >= 11 is 0.